The average molecular weight is 886 g/mol. The number of halogens is 2. The third-order valence-electron chi connectivity index (χ3n) is 13.6. The molecule has 0 fully saturated rings. The Kier molecular flexibility index (Phi) is 9.27. The molecule has 0 heterocycles. The summed E-state index contributed by atoms with van der Waals surface area (Å²) in [5, 5.41) is 7.51. The first-order valence-corrected chi connectivity index (χ1v) is 37.1. The normalized spacial score (nSPS) is 17.1. The molecule has 58 heavy (non-hydrogen) atoms. The van der Waals surface area contributed by atoms with Gasteiger partial charge in [0.1, 0.15) is 0 Å². The zero-order valence-electron chi connectivity index (χ0n) is 33.7. The van der Waals surface area contributed by atoms with E-state index in [1.54, 1.807) is 0 Å². The average Bonchev–Trinajstić information content (AvgIpc) is 3.82. The van der Waals surface area contributed by atoms with Gasteiger partial charge in [-0.25, -0.2) is 0 Å². The Morgan fingerprint density at radius 1 is 0.483 bits per heavy atom. The maximum atomic E-state index is 8.97. The van der Waals surface area contributed by atoms with Crippen molar-refractivity contribution in [3.8, 4) is 33.4 Å². The predicted octanol–water partition coefficient (Wildman–Crippen LogP) is 16.4. The molecule has 0 saturated carbocycles. The van der Waals surface area contributed by atoms with Crippen LogP contribution in [0.3, 0.4) is 0 Å². The Balaban J connectivity index is 1.25. The van der Waals surface area contributed by atoms with Gasteiger partial charge in [0.05, 0.1) is 0 Å². The summed E-state index contributed by atoms with van der Waals surface area (Å²) in [6, 6.07) is 58.2. The van der Waals surface area contributed by atoms with Crippen molar-refractivity contribution in [3.63, 3.8) is 0 Å². The van der Waals surface area contributed by atoms with E-state index < -0.39 is 21.5 Å². The molecule has 10 rings (SSSR count). The van der Waals surface area contributed by atoms with Crippen molar-refractivity contribution in [2.75, 3.05) is 0 Å². The molecule has 0 radical (unpaired) electrons. The minimum atomic E-state index is -5.10. The molecule has 0 aliphatic heterocycles. The quantitative estimate of drug-likeness (QED) is 0.140. The summed E-state index contributed by atoms with van der Waals surface area (Å²) in [6.07, 6.45) is 4.96. The fraction of sp³-hybridized carbons (Fsp3) is 0.148. The van der Waals surface area contributed by atoms with Crippen LogP contribution >= 0.6 is 17.0 Å². The summed E-state index contributed by atoms with van der Waals surface area (Å²) in [5.74, 6) is -1.50. The van der Waals surface area contributed by atoms with E-state index >= 15 is 0 Å². The molecule has 8 aromatic rings. The molecule has 4 heteroatoms. The van der Waals surface area contributed by atoms with Crippen LogP contribution in [-0.2, 0) is 15.6 Å². The van der Waals surface area contributed by atoms with Crippen LogP contribution in [0.25, 0.3) is 77.9 Å². The second-order valence-corrected chi connectivity index (χ2v) is 59.9. The van der Waals surface area contributed by atoms with Gasteiger partial charge < -0.3 is 0 Å². The molecule has 2 atom stereocenters. The first kappa shape index (κ1) is 37.9. The van der Waals surface area contributed by atoms with Crippen LogP contribution in [0.5, 0.6) is 0 Å². The van der Waals surface area contributed by atoms with Gasteiger partial charge in [0.25, 0.3) is 0 Å². The SMILES string of the molecule is CC1=Cc2c(-c3cccc4ccccc34)cc(-c3cccc4ccccc34)cc2[CH]1[Zr]([Cl])([Cl])([CH]1C(C(C)C)=Cc2c(-c3cccc4ccccc34)cccc21)[SiH](C)C. The fourth-order valence-electron chi connectivity index (χ4n) is 10.7. The maximum absolute atomic E-state index is 8.97. The van der Waals surface area contributed by atoms with Gasteiger partial charge >= 0.3 is 355 Å². The van der Waals surface area contributed by atoms with Gasteiger partial charge in [-0.2, -0.15) is 0 Å². The second kappa shape index (κ2) is 14.2. The molecule has 0 spiro atoms. The van der Waals surface area contributed by atoms with Crippen molar-refractivity contribution in [1.29, 1.82) is 0 Å². The third-order valence-corrected chi connectivity index (χ3v) is 65.5. The monoisotopic (exact) mass is 883 g/mol. The van der Waals surface area contributed by atoms with Crippen molar-refractivity contribution in [1.82, 2.24) is 0 Å². The van der Waals surface area contributed by atoms with Crippen molar-refractivity contribution < 1.29 is 15.6 Å². The summed E-state index contributed by atoms with van der Waals surface area (Å²) in [4.78, 5) is 0. The van der Waals surface area contributed by atoms with E-state index in [0.29, 0.717) is 0 Å². The molecule has 0 amide bonds. The van der Waals surface area contributed by atoms with Gasteiger partial charge in [-0.15, -0.1) is 0 Å². The van der Waals surface area contributed by atoms with Crippen LogP contribution in [-0.4, -0.2) is 5.92 Å². The number of hydrogen-bond acceptors (Lipinski definition) is 0. The molecule has 0 N–H and O–H groups in total. The number of hydrogen-bond donors (Lipinski definition) is 0. The molecule has 2 unspecified atom stereocenters. The summed E-state index contributed by atoms with van der Waals surface area (Å²) >= 11 is -5.10. The molecule has 2 aliphatic carbocycles. The van der Waals surface area contributed by atoms with Gasteiger partial charge in [0.2, 0.25) is 0 Å². The van der Waals surface area contributed by atoms with Crippen LogP contribution in [0.2, 0.25) is 13.1 Å². The standard InChI is InChI=1S/C30H21.C22H19.C2H7Si.2ClH.Zr/c1-20-16-23-18-24(27-14-6-10-21-8-2-4-12-25(21)27)19-30(29(23)17-20)28-15-7-11-22-9-3-5-13-26(22)28;1-15(2)18-13-17-9-6-12-21(22(17)14-18)20-11-5-8-16-7-3-4-10-19(16)20;1-3-2;;;/h2-19H,1H3;3-15H,1-2H3;3H,1-2H3;2*1H;/q;;;;;+2/p-2. The van der Waals surface area contributed by atoms with Gasteiger partial charge in [-0.1, -0.05) is 0 Å². The van der Waals surface area contributed by atoms with E-state index in [1.807, 2.05) is 0 Å². The first-order chi connectivity index (χ1) is 28.0. The van der Waals surface area contributed by atoms with Crippen molar-refractivity contribution in [2.45, 2.75) is 41.1 Å². The topological polar surface area (TPSA) is 0 Å². The number of rotatable bonds is 7. The zero-order chi connectivity index (χ0) is 39.9. The van der Waals surface area contributed by atoms with Gasteiger partial charge in [0, 0.05) is 0 Å². The molecular weight excluding hydrogens is 839 g/mol. The molecule has 2 aliphatic rings. The van der Waals surface area contributed by atoms with E-state index in [9.17, 15) is 0 Å². The Hall–Kier alpha value is -4.30. The van der Waals surface area contributed by atoms with Crippen LogP contribution in [0, 0.1) is 5.92 Å². The van der Waals surface area contributed by atoms with Crippen molar-refractivity contribution in [2.24, 2.45) is 5.92 Å². The number of allylic oxidation sites excluding steroid dienone is 2. The van der Waals surface area contributed by atoms with Gasteiger partial charge in [-0.05, 0) is 0 Å². The van der Waals surface area contributed by atoms with Crippen LogP contribution in [0.1, 0.15) is 50.3 Å². The molecule has 285 valence electrons. The van der Waals surface area contributed by atoms with Gasteiger partial charge in [-0.3, -0.25) is 0 Å². The second-order valence-electron chi connectivity index (χ2n) is 17.3. The molecule has 0 nitrogen and oxygen atoms in total. The summed E-state index contributed by atoms with van der Waals surface area (Å²) in [5.41, 5.74) is 15.4. The Morgan fingerprint density at radius 3 is 1.52 bits per heavy atom. The zero-order valence-corrected chi connectivity index (χ0v) is 38.9. The summed E-state index contributed by atoms with van der Waals surface area (Å²) in [7, 11) is 17.9. The van der Waals surface area contributed by atoms with E-state index in [-0.39, 0.29) is 13.2 Å². The summed E-state index contributed by atoms with van der Waals surface area (Å²) in [6.45, 7) is 11.9. The van der Waals surface area contributed by atoms with E-state index in [1.165, 1.54) is 99.1 Å². The van der Waals surface area contributed by atoms with Crippen LogP contribution < -0.4 is 0 Å². The molecule has 0 bridgehead atoms. The Labute approximate surface area is 351 Å². The van der Waals surface area contributed by atoms with Gasteiger partial charge in [0.15, 0.2) is 0 Å². The van der Waals surface area contributed by atoms with E-state index in [0.717, 1.165) is 0 Å². The van der Waals surface area contributed by atoms with Crippen LogP contribution in [0.4, 0.5) is 0 Å². The minimum absolute atomic E-state index is 0.00267. The molecular formula is C54H47Cl2SiZr. The predicted molar refractivity (Wildman–Crippen MR) is 254 cm³/mol. The molecule has 0 aromatic heterocycles. The molecule has 8 aromatic carbocycles. The first-order valence-electron chi connectivity index (χ1n) is 20.8. The Morgan fingerprint density at radius 2 is 0.948 bits per heavy atom. The van der Waals surface area contributed by atoms with Crippen molar-refractivity contribution in [3.05, 3.63) is 191 Å². The third kappa shape index (κ3) is 5.70. The van der Waals surface area contributed by atoms with Crippen LogP contribution in [0.15, 0.2) is 169 Å². The molecule has 0 saturated heterocycles. The van der Waals surface area contributed by atoms with E-state index in [2.05, 4.69) is 204 Å². The number of fused-ring (bicyclic) bond motifs is 5. The fourth-order valence-corrected chi connectivity index (χ4v) is 42.9. The van der Waals surface area contributed by atoms with E-state index in [4.69, 9.17) is 17.0 Å². The number of benzene rings is 8. The summed E-state index contributed by atoms with van der Waals surface area (Å²) < 4.78 is -0.0303. The Bertz CT molecular complexity index is 3030. The van der Waals surface area contributed by atoms with Crippen molar-refractivity contribution >= 4 is 67.4 Å².